The van der Waals surface area contributed by atoms with Crippen molar-refractivity contribution in [1.82, 2.24) is 10.6 Å². The number of hydrogen-bond acceptors (Lipinski definition) is 4. The van der Waals surface area contributed by atoms with Gasteiger partial charge in [-0.25, -0.2) is 0 Å². The van der Waals surface area contributed by atoms with E-state index in [1.165, 1.54) is 0 Å². The molecule has 0 fully saturated rings. The van der Waals surface area contributed by atoms with Gasteiger partial charge in [-0.2, -0.15) is 11.8 Å². The van der Waals surface area contributed by atoms with E-state index in [0.29, 0.717) is 36.6 Å². The Morgan fingerprint density at radius 2 is 1.65 bits per heavy atom. The molecule has 0 saturated carbocycles. The van der Waals surface area contributed by atoms with E-state index in [4.69, 9.17) is 16.3 Å². The molecule has 3 aromatic rings. The number of rotatable bonds is 12. The number of hydrogen-bond donors (Lipinski definition) is 2. The van der Waals surface area contributed by atoms with Gasteiger partial charge in [-0.05, 0) is 60.2 Å². The molecular formula is C27H29ClN2O3S. The van der Waals surface area contributed by atoms with Crippen molar-refractivity contribution in [2.75, 3.05) is 18.6 Å². The molecule has 0 aromatic heterocycles. The maximum Gasteiger partial charge on any atom is 0.253 e. The molecule has 34 heavy (non-hydrogen) atoms. The van der Waals surface area contributed by atoms with E-state index in [1.807, 2.05) is 60.9 Å². The van der Waals surface area contributed by atoms with Crippen LogP contribution in [0.4, 0.5) is 0 Å². The summed E-state index contributed by atoms with van der Waals surface area (Å²) >= 11 is 7.75. The molecule has 2 N–H and O–H groups in total. The predicted octanol–water partition coefficient (Wildman–Crippen LogP) is 5.13. The van der Waals surface area contributed by atoms with Gasteiger partial charge in [-0.1, -0.05) is 66.2 Å². The normalized spacial score (nSPS) is 11.5. The second-order valence-corrected chi connectivity index (χ2v) is 9.14. The van der Waals surface area contributed by atoms with Crippen molar-refractivity contribution >= 4 is 35.2 Å². The molecule has 0 aliphatic rings. The van der Waals surface area contributed by atoms with Crippen LogP contribution >= 0.6 is 23.4 Å². The van der Waals surface area contributed by atoms with Crippen LogP contribution in [-0.2, 0) is 17.8 Å². The number of carbonyl (C=O) groups excluding carboxylic acids is 2. The number of ether oxygens (including phenoxy) is 1. The van der Waals surface area contributed by atoms with Crippen LogP contribution in [-0.4, -0.2) is 36.4 Å². The highest BCUT2D eigenvalue weighted by Crippen LogP contribution is 2.16. The fourth-order valence-corrected chi connectivity index (χ4v) is 4.03. The number of benzene rings is 3. The Morgan fingerprint density at radius 3 is 2.35 bits per heavy atom. The van der Waals surface area contributed by atoms with Crippen LogP contribution in [0.2, 0.25) is 5.02 Å². The highest BCUT2D eigenvalue weighted by atomic mass is 35.5. The summed E-state index contributed by atoms with van der Waals surface area (Å²) in [6, 6.07) is 24.1. The topological polar surface area (TPSA) is 67.4 Å². The monoisotopic (exact) mass is 496 g/mol. The highest BCUT2D eigenvalue weighted by Gasteiger charge is 2.21. The standard InChI is InChI=1S/C27H29ClN2O3S/c1-34-18-16-25(30-26(31)23-9-5-6-10-24(23)28)27(32)29-17-15-20-11-13-22(14-12-20)33-19-21-7-3-2-4-8-21/h2-14,25H,15-19H2,1H3,(H,29,32)(H,30,31). The van der Waals surface area contributed by atoms with Gasteiger partial charge in [0, 0.05) is 6.54 Å². The Balaban J connectivity index is 1.48. The zero-order valence-electron chi connectivity index (χ0n) is 19.1. The summed E-state index contributed by atoms with van der Waals surface area (Å²) in [6.07, 6.45) is 3.19. The second kappa shape index (κ2) is 13.7. The van der Waals surface area contributed by atoms with Crippen LogP contribution in [0, 0.1) is 0 Å². The summed E-state index contributed by atoms with van der Waals surface area (Å²) < 4.78 is 5.82. The number of halogens is 1. The summed E-state index contributed by atoms with van der Waals surface area (Å²) in [5.74, 6) is 1.01. The average molecular weight is 497 g/mol. The van der Waals surface area contributed by atoms with Gasteiger partial charge < -0.3 is 15.4 Å². The van der Waals surface area contributed by atoms with Gasteiger partial charge in [-0.15, -0.1) is 0 Å². The van der Waals surface area contributed by atoms with E-state index in [1.54, 1.807) is 36.0 Å². The van der Waals surface area contributed by atoms with Crippen LogP contribution in [0.1, 0.15) is 27.9 Å². The lowest BCUT2D eigenvalue weighted by Gasteiger charge is -2.18. The zero-order valence-corrected chi connectivity index (χ0v) is 20.7. The lowest BCUT2D eigenvalue weighted by atomic mass is 10.1. The molecule has 0 aliphatic carbocycles. The first-order valence-electron chi connectivity index (χ1n) is 11.1. The van der Waals surface area contributed by atoms with Gasteiger partial charge in [0.1, 0.15) is 18.4 Å². The molecule has 0 saturated heterocycles. The van der Waals surface area contributed by atoms with Crippen molar-refractivity contribution in [3.05, 3.63) is 101 Å². The van der Waals surface area contributed by atoms with E-state index < -0.39 is 6.04 Å². The fraction of sp³-hybridized carbons (Fsp3) is 0.259. The Hall–Kier alpha value is -2.96. The van der Waals surface area contributed by atoms with Gasteiger partial charge in [0.2, 0.25) is 5.91 Å². The zero-order chi connectivity index (χ0) is 24.2. The Kier molecular flexibility index (Phi) is 10.3. The summed E-state index contributed by atoms with van der Waals surface area (Å²) in [7, 11) is 0. The lowest BCUT2D eigenvalue weighted by Crippen LogP contribution is -2.47. The predicted molar refractivity (Wildman–Crippen MR) is 140 cm³/mol. The molecule has 1 atom stereocenters. The maximum atomic E-state index is 12.8. The average Bonchev–Trinajstić information content (AvgIpc) is 2.86. The largest absolute Gasteiger partial charge is 0.489 e. The second-order valence-electron chi connectivity index (χ2n) is 7.75. The van der Waals surface area contributed by atoms with Gasteiger partial charge >= 0.3 is 0 Å². The summed E-state index contributed by atoms with van der Waals surface area (Å²) in [5, 5.41) is 6.13. The van der Waals surface area contributed by atoms with Crippen LogP contribution in [0.15, 0.2) is 78.9 Å². The van der Waals surface area contributed by atoms with E-state index >= 15 is 0 Å². The molecule has 2 amide bonds. The number of nitrogens with one attached hydrogen (secondary N) is 2. The van der Waals surface area contributed by atoms with Crippen molar-refractivity contribution in [2.45, 2.75) is 25.5 Å². The Bertz CT molecular complexity index is 1060. The first-order chi connectivity index (χ1) is 16.6. The number of carbonyl (C=O) groups is 2. The molecule has 0 aliphatic heterocycles. The molecule has 3 aromatic carbocycles. The highest BCUT2D eigenvalue weighted by molar-refractivity contribution is 7.98. The molecule has 7 heteroatoms. The minimum absolute atomic E-state index is 0.197. The number of amides is 2. The van der Waals surface area contributed by atoms with Crippen molar-refractivity contribution in [2.24, 2.45) is 0 Å². The minimum atomic E-state index is -0.620. The van der Waals surface area contributed by atoms with Gasteiger partial charge in [0.25, 0.3) is 5.91 Å². The first-order valence-corrected chi connectivity index (χ1v) is 12.9. The smallest absolute Gasteiger partial charge is 0.253 e. The van der Waals surface area contributed by atoms with Crippen molar-refractivity contribution in [1.29, 1.82) is 0 Å². The molecular weight excluding hydrogens is 468 g/mol. The van der Waals surface area contributed by atoms with Crippen molar-refractivity contribution in [3.63, 3.8) is 0 Å². The third-order valence-electron chi connectivity index (χ3n) is 5.24. The molecule has 178 valence electrons. The lowest BCUT2D eigenvalue weighted by molar-refractivity contribution is -0.122. The van der Waals surface area contributed by atoms with Gasteiger partial charge in [-0.3, -0.25) is 9.59 Å². The van der Waals surface area contributed by atoms with Crippen LogP contribution in [0.3, 0.4) is 0 Å². The maximum absolute atomic E-state index is 12.8. The van der Waals surface area contributed by atoms with Gasteiger partial charge in [0.05, 0.1) is 10.6 Å². The van der Waals surface area contributed by atoms with E-state index in [0.717, 1.165) is 22.6 Å². The Morgan fingerprint density at radius 1 is 0.941 bits per heavy atom. The van der Waals surface area contributed by atoms with E-state index in [2.05, 4.69) is 10.6 Å². The van der Waals surface area contributed by atoms with E-state index in [9.17, 15) is 9.59 Å². The first kappa shape index (κ1) is 25.7. The summed E-state index contributed by atoms with van der Waals surface area (Å²) in [5.41, 5.74) is 2.57. The van der Waals surface area contributed by atoms with Gasteiger partial charge in [0.15, 0.2) is 0 Å². The third-order valence-corrected chi connectivity index (χ3v) is 6.21. The third kappa shape index (κ3) is 8.12. The summed E-state index contributed by atoms with van der Waals surface area (Å²) in [6.45, 7) is 0.994. The van der Waals surface area contributed by atoms with Crippen LogP contribution in [0.5, 0.6) is 5.75 Å². The quantitative estimate of drug-likeness (QED) is 0.365. The van der Waals surface area contributed by atoms with Crippen LogP contribution in [0.25, 0.3) is 0 Å². The molecule has 1 unspecified atom stereocenters. The van der Waals surface area contributed by atoms with Crippen molar-refractivity contribution < 1.29 is 14.3 Å². The molecule has 0 spiro atoms. The Labute approximate surface area is 210 Å². The molecule has 5 nitrogen and oxygen atoms in total. The van der Waals surface area contributed by atoms with Crippen LogP contribution < -0.4 is 15.4 Å². The number of thioether (sulfide) groups is 1. The minimum Gasteiger partial charge on any atom is -0.489 e. The van der Waals surface area contributed by atoms with E-state index in [-0.39, 0.29) is 11.8 Å². The molecule has 0 bridgehead atoms. The molecule has 3 rings (SSSR count). The van der Waals surface area contributed by atoms with Crippen molar-refractivity contribution in [3.8, 4) is 5.75 Å². The molecule has 0 heterocycles. The fourth-order valence-electron chi connectivity index (χ4n) is 3.33. The summed E-state index contributed by atoms with van der Waals surface area (Å²) in [4.78, 5) is 25.4. The molecule has 0 radical (unpaired) electrons. The SMILES string of the molecule is CSCCC(NC(=O)c1ccccc1Cl)C(=O)NCCc1ccc(OCc2ccccc2)cc1.